The molecular weight excluding hydrogens is 339 g/mol. The van der Waals surface area contributed by atoms with Gasteiger partial charge in [-0.25, -0.2) is 0 Å². The van der Waals surface area contributed by atoms with E-state index in [4.69, 9.17) is 5.11 Å². The summed E-state index contributed by atoms with van der Waals surface area (Å²) in [6.45, 7) is 2.65. The molecule has 1 saturated heterocycles. The van der Waals surface area contributed by atoms with Crippen LogP contribution in [0, 0.1) is 11.8 Å². The van der Waals surface area contributed by atoms with Crippen molar-refractivity contribution in [3.63, 3.8) is 0 Å². The van der Waals surface area contributed by atoms with Crippen LogP contribution >= 0.6 is 0 Å². The number of piperidine rings is 1. The molecule has 0 spiro atoms. The highest BCUT2D eigenvalue weighted by molar-refractivity contribution is 5.78. The fourth-order valence-corrected chi connectivity index (χ4v) is 3.00. The van der Waals surface area contributed by atoms with E-state index in [0.29, 0.717) is 24.9 Å². The third-order valence-electron chi connectivity index (χ3n) is 4.15. The predicted molar refractivity (Wildman–Crippen MR) is 82.9 cm³/mol. The molecule has 1 N–H and O–H groups in total. The predicted octanol–water partition coefficient (Wildman–Crippen LogP) is 3.09. The number of hydrogen-bond acceptors (Lipinski definition) is 3. The van der Waals surface area contributed by atoms with Gasteiger partial charge in [0.05, 0.1) is 5.92 Å². The highest BCUT2D eigenvalue weighted by atomic mass is 19.4. The standard InChI is InChI=1S/C17H20F3NO4/c1-11-8-13(16(23)24)10-21(9-11)15(22)7-4-12-2-5-14(6-3-12)25-17(18,19)20/h2-3,5-6,11,13H,4,7-10H2,1H3,(H,23,24). The van der Waals surface area contributed by atoms with E-state index in [-0.39, 0.29) is 30.5 Å². The number of ether oxygens (including phenoxy) is 1. The van der Waals surface area contributed by atoms with E-state index in [9.17, 15) is 22.8 Å². The third-order valence-corrected chi connectivity index (χ3v) is 4.15. The molecule has 2 rings (SSSR count). The Balaban J connectivity index is 1.88. The third kappa shape index (κ3) is 5.95. The highest BCUT2D eigenvalue weighted by Crippen LogP contribution is 2.24. The van der Waals surface area contributed by atoms with Crippen LogP contribution in [0.4, 0.5) is 13.2 Å². The van der Waals surface area contributed by atoms with Crippen molar-refractivity contribution in [3.05, 3.63) is 29.8 Å². The Morgan fingerprint density at radius 2 is 1.88 bits per heavy atom. The summed E-state index contributed by atoms with van der Waals surface area (Å²) in [6.07, 6.45) is -3.63. The van der Waals surface area contributed by atoms with Crippen molar-refractivity contribution in [1.29, 1.82) is 0 Å². The van der Waals surface area contributed by atoms with Gasteiger partial charge in [0, 0.05) is 19.5 Å². The summed E-state index contributed by atoms with van der Waals surface area (Å²) in [4.78, 5) is 25.0. The fraction of sp³-hybridized carbons (Fsp3) is 0.529. The van der Waals surface area contributed by atoms with Crippen LogP contribution in [0.5, 0.6) is 5.75 Å². The maximum Gasteiger partial charge on any atom is 0.573 e. The fourth-order valence-electron chi connectivity index (χ4n) is 3.00. The zero-order valence-electron chi connectivity index (χ0n) is 13.8. The molecule has 2 unspecified atom stereocenters. The number of rotatable bonds is 5. The number of likely N-dealkylation sites (tertiary alicyclic amines) is 1. The summed E-state index contributed by atoms with van der Waals surface area (Å²) in [5.74, 6) is -1.78. The van der Waals surface area contributed by atoms with Gasteiger partial charge in [-0.15, -0.1) is 13.2 Å². The SMILES string of the molecule is CC1CC(C(=O)O)CN(C(=O)CCc2ccc(OC(F)(F)F)cc2)C1. The van der Waals surface area contributed by atoms with Gasteiger partial charge in [-0.1, -0.05) is 19.1 Å². The number of amides is 1. The maximum absolute atomic E-state index is 12.3. The van der Waals surface area contributed by atoms with Crippen LogP contribution in [-0.4, -0.2) is 41.3 Å². The van der Waals surface area contributed by atoms with Gasteiger partial charge in [0.2, 0.25) is 5.91 Å². The lowest BCUT2D eigenvalue weighted by Crippen LogP contribution is -2.45. The second kappa shape index (κ2) is 7.76. The normalized spacial score (nSPS) is 21.0. The average molecular weight is 359 g/mol. The molecule has 0 bridgehead atoms. The maximum atomic E-state index is 12.3. The number of aliphatic carboxylic acids is 1. The van der Waals surface area contributed by atoms with Gasteiger partial charge in [0.15, 0.2) is 0 Å². The lowest BCUT2D eigenvalue weighted by Gasteiger charge is -2.34. The minimum atomic E-state index is -4.73. The number of carboxylic acids is 1. The Kier molecular flexibility index (Phi) is 5.92. The van der Waals surface area contributed by atoms with E-state index < -0.39 is 18.2 Å². The second-order valence-electron chi connectivity index (χ2n) is 6.37. The molecule has 1 aliphatic heterocycles. The zero-order chi connectivity index (χ0) is 18.6. The lowest BCUT2D eigenvalue weighted by atomic mass is 9.90. The van der Waals surface area contributed by atoms with Gasteiger partial charge in [0.1, 0.15) is 5.75 Å². The number of carbonyl (C=O) groups excluding carboxylic acids is 1. The van der Waals surface area contributed by atoms with E-state index in [0.717, 1.165) is 0 Å². The Morgan fingerprint density at radius 3 is 2.44 bits per heavy atom. The number of carbonyl (C=O) groups is 2. The van der Waals surface area contributed by atoms with E-state index in [1.54, 1.807) is 4.90 Å². The molecule has 8 heteroatoms. The molecule has 0 aliphatic carbocycles. The molecule has 0 saturated carbocycles. The Morgan fingerprint density at radius 1 is 1.24 bits per heavy atom. The number of carboxylic acid groups (broad SMARTS) is 1. The van der Waals surface area contributed by atoms with E-state index in [1.807, 2.05) is 6.92 Å². The summed E-state index contributed by atoms with van der Waals surface area (Å²) in [5, 5.41) is 9.14. The zero-order valence-corrected chi connectivity index (χ0v) is 13.8. The molecule has 1 aliphatic rings. The first-order chi connectivity index (χ1) is 11.6. The molecule has 0 radical (unpaired) electrons. The minimum Gasteiger partial charge on any atom is -0.481 e. The van der Waals surface area contributed by atoms with Crippen LogP contribution in [0.3, 0.4) is 0 Å². The van der Waals surface area contributed by atoms with Crippen molar-refractivity contribution < 1.29 is 32.6 Å². The molecule has 1 aromatic rings. The monoisotopic (exact) mass is 359 g/mol. The summed E-state index contributed by atoms with van der Waals surface area (Å²) < 4.78 is 40.1. The Bertz CT molecular complexity index is 615. The molecule has 138 valence electrons. The highest BCUT2D eigenvalue weighted by Gasteiger charge is 2.32. The van der Waals surface area contributed by atoms with Crippen molar-refractivity contribution >= 4 is 11.9 Å². The Labute approximate surface area is 143 Å². The lowest BCUT2D eigenvalue weighted by molar-refractivity contribution is -0.274. The van der Waals surface area contributed by atoms with Gasteiger partial charge < -0.3 is 14.7 Å². The van der Waals surface area contributed by atoms with Crippen molar-refractivity contribution in [2.45, 2.75) is 32.5 Å². The molecule has 1 amide bonds. The van der Waals surface area contributed by atoms with Crippen LogP contribution in [0.25, 0.3) is 0 Å². The number of halogens is 3. The summed E-state index contributed by atoms with van der Waals surface area (Å²) in [5.41, 5.74) is 0.711. The number of alkyl halides is 3. The molecule has 25 heavy (non-hydrogen) atoms. The summed E-state index contributed by atoms with van der Waals surface area (Å²) in [6, 6.07) is 5.37. The Hall–Kier alpha value is -2.25. The second-order valence-corrected chi connectivity index (χ2v) is 6.37. The molecule has 1 aromatic carbocycles. The van der Waals surface area contributed by atoms with Crippen LogP contribution in [0.1, 0.15) is 25.3 Å². The molecule has 1 fully saturated rings. The molecule has 2 atom stereocenters. The van der Waals surface area contributed by atoms with E-state index in [1.165, 1.54) is 24.3 Å². The largest absolute Gasteiger partial charge is 0.573 e. The topological polar surface area (TPSA) is 66.8 Å². The first-order valence-corrected chi connectivity index (χ1v) is 7.99. The van der Waals surface area contributed by atoms with Crippen LogP contribution < -0.4 is 4.74 Å². The quantitative estimate of drug-likeness (QED) is 0.877. The van der Waals surface area contributed by atoms with Crippen LogP contribution in [-0.2, 0) is 16.0 Å². The number of hydrogen-bond donors (Lipinski definition) is 1. The molecular formula is C17H20F3NO4. The number of aryl methyl sites for hydroxylation is 1. The summed E-state index contributed by atoms with van der Waals surface area (Å²) >= 11 is 0. The van der Waals surface area contributed by atoms with Gasteiger partial charge in [-0.3, -0.25) is 9.59 Å². The number of benzene rings is 1. The van der Waals surface area contributed by atoms with Crippen molar-refractivity contribution in [2.24, 2.45) is 11.8 Å². The van der Waals surface area contributed by atoms with Crippen LogP contribution in [0.15, 0.2) is 24.3 Å². The van der Waals surface area contributed by atoms with Gasteiger partial charge in [-0.05, 0) is 36.5 Å². The van der Waals surface area contributed by atoms with E-state index in [2.05, 4.69) is 4.74 Å². The van der Waals surface area contributed by atoms with Gasteiger partial charge in [-0.2, -0.15) is 0 Å². The molecule has 5 nitrogen and oxygen atoms in total. The van der Waals surface area contributed by atoms with Crippen molar-refractivity contribution in [3.8, 4) is 5.75 Å². The number of nitrogens with zero attached hydrogens (tertiary/aromatic N) is 1. The minimum absolute atomic E-state index is 0.123. The van der Waals surface area contributed by atoms with Gasteiger partial charge >= 0.3 is 12.3 Å². The van der Waals surface area contributed by atoms with E-state index >= 15 is 0 Å². The summed E-state index contributed by atoms with van der Waals surface area (Å²) in [7, 11) is 0. The van der Waals surface area contributed by atoms with Crippen molar-refractivity contribution in [1.82, 2.24) is 4.90 Å². The van der Waals surface area contributed by atoms with Crippen LogP contribution in [0.2, 0.25) is 0 Å². The smallest absolute Gasteiger partial charge is 0.481 e. The van der Waals surface area contributed by atoms with Gasteiger partial charge in [0.25, 0.3) is 0 Å². The first kappa shape index (κ1) is 19.1. The molecule has 1 heterocycles. The van der Waals surface area contributed by atoms with Crippen molar-refractivity contribution in [2.75, 3.05) is 13.1 Å². The average Bonchev–Trinajstić information content (AvgIpc) is 2.51. The first-order valence-electron chi connectivity index (χ1n) is 7.99. The molecule has 0 aromatic heterocycles.